The molecule has 0 unspecified atom stereocenters. The first-order valence-electron chi connectivity index (χ1n) is 24.0. The molecule has 0 heterocycles. The number of aliphatic imine (C=N–C) groups is 6. The van der Waals surface area contributed by atoms with Gasteiger partial charge in [0.15, 0.2) is 0 Å². The SMILES string of the molecule is CC1=CCC(C(=O)N=C2CC=C(S(=O)(=O)[O-])c3cc(S(=O)(=O)[O-])cc(S(=O)(=O)[O-])c32)=CC1=NC(=O)C1=CC=CC(=NC(=O)/N=C2\C=CC=C(C(=O)N=C3CC(C(=O)N=C4CC=C(S(=O)(=O)[O-])c5cc(S(=O)(=O)[O-])cc(S(=O)(=O)[O-])c54)=CC=C3C)C2)C1. The van der Waals surface area contributed by atoms with E-state index in [0.29, 0.717) is 35.4 Å². The first kappa shape index (κ1) is 63.7. The number of amides is 6. The average molecular weight is 1290 g/mol. The summed E-state index contributed by atoms with van der Waals surface area (Å²) in [6.45, 7) is 3.07. The van der Waals surface area contributed by atoms with Crippen LogP contribution in [-0.2, 0) is 79.9 Å². The van der Waals surface area contributed by atoms with E-state index in [4.69, 9.17) is 0 Å². The number of hydrogen-bond donors (Lipinski definition) is 0. The molecule has 2 aromatic carbocycles. The van der Waals surface area contributed by atoms with E-state index in [0.717, 1.165) is 6.08 Å². The van der Waals surface area contributed by atoms with Crippen molar-refractivity contribution in [1.29, 1.82) is 0 Å². The standard InChI is InChI=1S/C51H40N6O23S6/c1-25-9-11-29(49(60)54-37-13-15-41(83(69,70)71)35-21-33(81(63,64)65)23-43(45(35)37)85(75,76)77)19-39(25)56-47(58)27-5-3-7-31(17-27)52-51(62)53-32-8-4-6-28(18-32)48(59)57-40-20-30(12-10-26(40)2)50(61)55-38-14-16-42(84(72,73)74)36-22-34(82(66,67)68)24-44(46(36)38)86(78,79)80/h3-11,15-16,20-24H,12-14,17-19H2,1-2H3,(H,63,64,65)(H,66,67,68)(H,69,70,71)(H,72,73,74)(H,75,76,77)(H,78,79,80)/p-6/b52-31+,53-32?,54-37?,55-38?,56-39?,57-40?. The minimum atomic E-state index is -5.75. The molecule has 448 valence electrons. The van der Waals surface area contributed by atoms with Crippen molar-refractivity contribution in [3.05, 3.63) is 153 Å². The molecule has 6 aliphatic rings. The molecule has 0 fully saturated rings. The first-order chi connectivity index (χ1) is 39.8. The van der Waals surface area contributed by atoms with Gasteiger partial charge in [0.2, 0.25) is 0 Å². The van der Waals surface area contributed by atoms with Gasteiger partial charge in [-0.15, -0.1) is 0 Å². The van der Waals surface area contributed by atoms with Crippen molar-refractivity contribution in [2.24, 2.45) is 30.0 Å². The summed E-state index contributed by atoms with van der Waals surface area (Å²) in [5, 5.41) is 0. The fraction of sp³-hybridized carbons (Fsp3) is 0.157. The highest BCUT2D eigenvalue weighted by Gasteiger charge is 2.32. The van der Waals surface area contributed by atoms with Crippen molar-refractivity contribution in [1.82, 2.24) is 0 Å². The van der Waals surface area contributed by atoms with Crippen molar-refractivity contribution >= 4 is 134 Å². The van der Waals surface area contributed by atoms with E-state index in [2.05, 4.69) is 30.0 Å². The second-order valence-electron chi connectivity index (χ2n) is 18.8. The largest absolute Gasteiger partial charge is 0.744 e. The van der Waals surface area contributed by atoms with Crippen LogP contribution in [0, 0.1) is 0 Å². The second-order valence-corrected chi connectivity index (χ2v) is 26.9. The van der Waals surface area contributed by atoms with Crippen molar-refractivity contribution in [3.8, 4) is 0 Å². The van der Waals surface area contributed by atoms with Gasteiger partial charge in [-0.25, -0.2) is 75.3 Å². The van der Waals surface area contributed by atoms with E-state index in [9.17, 15) is 102 Å². The number of rotatable bonds is 10. The molecule has 6 amide bonds. The lowest BCUT2D eigenvalue weighted by atomic mass is 9.94. The lowest BCUT2D eigenvalue weighted by molar-refractivity contribution is -0.115. The van der Waals surface area contributed by atoms with Gasteiger partial charge < -0.3 is 27.3 Å². The summed E-state index contributed by atoms with van der Waals surface area (Å²) in [5.74, 6) is -3.98. The predicted molar refractivity (Wildman–Crippen MR) is 294 cm³/mol. The summed E-state index contributed by atoms with van der Waals surface area (Å²) in [6, 6.07) is -0.0480. The van der Waals surface area contributed by atoms with Gasteiger partial charge in [-0.2, -0.15) is 9.98 Å². The molecule has 0 aromatic heterocycles. The number of benzene rings is 2. The minimum absolute atomic E-state index is 0.00303. The molecule has 6 aliphatic carbocycles. The Labute approximate surface area is 488 Å². The molecule has 0 spiro atoms. The average Bonchev–Trinajstić information content (AvgIpc) is 0.808. The number of hydrogen-bond acceptors (Lipinski definition) is 23. The van der Waals surface area contributed by atoms with Crippen LogP contribution in [0.15, 0.2) is 180 Å². The normalized spacial score (nSPS) is 20.5. The number of fused-ring (bicyclic) bond motifs is 2. The summed E-state index contributed by atoms with van der Waals surface area (Å²) in [6.07, 6.45) is 12.3. The smallest absolute Gasteiger partial charge is 0.367 e. The molecule has 0 saturated heterocycles. The quantitative estimate of drug-likeness (QED) is 0.308. The van der Waals surface area contributed by atoms with E-state index < -0.39 is 166 Å². The van der Waals surface area contributed by atoms with Gasteiger partial charge in [-0.05, 0) is 73.9 Å². The molecule has 8 rings (SSSR count). The van der Waals surface area contributed by atoms with Gasteiger partial charge in [0, 0.05) is 76.7 Å². The van der Waals surface area contributed by atoms with Crippen molar-refractivity contribution < 1.29 is 102 Å². The van der Waals surface area contributed by atoms with E-state index in [1.165, 1.54) is 68.5 Å². The maximum atomic E-state index is 13.6. The highest BCUT2D eigenvalue weighted by molar-refractivity contribution is 7.95. The zero-order valence-electron chi connectivity index (χ0n) is 43.5. The van der Waals surface area contributed by atoms with Gasteiger partial charge in [-0.1, -0.05) is 54.7 Å². The molecule has 0 bridgehead atoms. The third-order valence-electron chi connectivity index (χ3n) is 13.0. The molecular formula is C51H34N6O23S6-6. The van der Waals surface area contributed by atoms with Crippen LogP contribution in [0.25, 0.3) is 9.81 Å². The molecule has 29 nitrogen and oxygen atoms in total. The zero-order chi connectivity index (χ0) is 63.4. The molecule has 0 saturated carbocycles. The Balaban J connectivity index is 0.948. The van der Waals surface area contributed by atoms with Gasteiger partial charge in [-0.3, -0.25) is 19.2 Å². The lowest BCUT2D eigenvalue weighted by Gasteiger charge is -2.26. The lowest BCUT2D eigenvalue weighted by Crippen LogP contribution is -2.21. The van der Waals surface area contributed by atoms with E-state index in [1.54, 1.807) is 0 Å². The Hall–Kier alpha value is -8.33. The Morgan fingerprint density at radius 2 is 0.814 bits per heavy atom. The van der Waals surface area contributed by atoms with Gasteiger partial charge in [0.25, 0.3) is 23.6 Å². The van der Waals surface area contributed by atoms with E-state index in [-0.39, 0.29) is 83.0 Å². The van der Waals surface area contributed by atoms with Crippen LogP contribution in [0.3, 0.4) is 0 Å². The first-order valence-corrected chi connectivity index (χ1v) is 32.4. The number of carbonyl (C=O) groups excluding carboxylic acids is 5. The van der Waals surface area contributed by atoms with Gasteiger partial charge in [0.05, 0.1) is 63.7 Å². The van der Waals surface area contributed by atoms with Crippen LogP contribution in [0.2, 0.25) is 0 Å². The number of allylic oxidation sites excluding steroid dienone is 14. The number of urea groups is 1. The Kier molecular flexibility index (Phi) is 17.4. The molecular weight excluding hydrogens is 1260 g/mol. The fourth-order valence-electron chi connectivity index (χ4n) is 8.94. The molecule has 2 aromatic rings. The van der Waals surface area contributed by atoms with Crippen LogP contribution in [0.1, 0.15) is 74.6 Å². The Morgan fingerprint density at radius 1 is 0.407 bits per heavy atom. The predicted octanol–water partition coefficient (Wildman–Crippen LogP) is 2.48. The van der Waals surface area contributed by atoms with Crippen molar-refractivity contribution in [2.75, 3.05) is 0 Å². The van der Waals surface area contributed by atoms with Crippen LogP contribution in [-0.4, -0.2) is 142 Å². The highest BCUT2D eigenvalue weighted by atomic mass is 32.2. The molecule has 0 aliphatic heterocycles. The maximum Gasteiger partial charge on any atom is 0.367 e. The number of nitrogens with zero attached hydrogens (tertiary/aromatic N) is 6. The van der Waals surface area contributed by atoms with Crippen molar-refractivity contribution in [3.63, 3.8) is 0 Å². The van der Waals surface area contributed by atoms with Crippen LogP contribution >= 0.6 is 0 Å². The van der Waals surface area contributed by atoms with Crippen LogP contribution in [0.4, 0.5) is 4.79 Å². The summed E-state index contributed by atoms with van der Waals surface area (Å²) in [4.78, 5) is 83.4. The van der Waals surface area contributed by atoms with Crippen LogP contribution < -0.4 is 0 Å². The van der Waals surface area contributed by atoms with Crippen LogP contribution in [0.5, 0.6) is 0 Å². The topological polar surface area (TPSA) is 503 Å². The summed E-state index contributed by atoms with van der Waals surface area (Å²) < 4.78 is 218. The van der Waals surface area contributed by atoms with Crippen molar-refractivity contribution in [2.45, 2.75) is 72.0 Å². The monoisotopic (exact) mass is 1290 g/mol. The summed E-state index contributed by atoms with van der Waals surface area (Å²) in [5.41, 5.74) is -4.57. The van der Waals surface area contributed by atoms with Gasteiger partial charge in [0.1, 0.15) is 60.7 Å². The minimum Gasteiger partial charge on any atom is -0.744 e. The third-order valence-corrected chi connectivity index (χ3v) is 18.2. The fourth-order valence-corrected chi connectivity index (χ4v) is 13.1. The van der Waals surface area contributed by atoms with E-state index in [1.807, 2.05) is 0 Å². The molecule has 0 N–H and O–H groups in total. The Morgan fingerprint density at radius 3 is 1.23 bits per heavy atom. The number of carbonyl (C=O) groups is 5. The van der Waals surface area contributed by atoms with Gasteiger partial charge >= 0.3 is 6.03 Å². The summed E-state index contributed by atoms with van der Waals surface area (Å²) in [7, 11) is -33.6. The van der Waals surface area contributed by atoms with E-state index >= 15 is 0 Å². The highest BCUT2D eigenvalue weighted by Crippen LogP contribution is 2.39. The molecule has 35 heteroatoms. The Bertz CT molecular complexity index is 4830. The maximum absolute atomic E-state index is 13.6. The molecule has 0 radical (unpaired) electrons. The molecule has 0 atom stereocenters. The zero-order valence-corrected chi connectivity index (χ0v) is 48.4. The third kappa shape index (κ3) is 14.3. The summed E-state index contributed by atoms with van der Waals surface area (Å²) >= 11 is 0. The molecule has 86 heavy (non-hydrogen) atoms. The second kappa shape index (κ2) is 23.5.